The zero-order valence-corrected chi connectivity index (χ0v) is 13.7. The third-order valence-electron chi connectivity index (χ3n) is 4.63. The summed E-state index contributed by atoms with van der Waals surface area (Å²) in [5.41, 5.74) is 0.736. The summed E-state index contributed by atoms with van der Waals surface area (Å²) in [6.07, 6.45) is 1.67. The highest BCUT2D eigenvalue weighted by Crippen LogP contribution is 2.56. The molecule has 122 valence electrons. The predicted molar refractivity (Wildman–Crippen MR) is 84.9 cm³/mol. The van der Waals surface area contributed by atoms with Gasteiger partial charge in [0.05, 0.1) is 6.57 Å². The van der Waals surface area contributed by atoms with Gasteiger partial charge in [-0.1, -0.05) is 12.1 Å². The summed E-state index contributed by atoms with van der Waals surface area (Å²) in [6, 6.07) is 4.88. The van der Waals surface area contributed by atoms with Crippen LogP contribution in [0, 0.1) is 17.8 Å². The number of nitrogens with zero attached hydrogens (tertiary/aromatic N) is 2. The SMILES string of the molecule is [C-]#[N+]c1ccc(C2CC3(C2)CN(C(=O)OC(C)(C)C)C3)cc1F. The summed E-state index contributed by atoms with van der Waals surface area (Å²) in [5, 5.41) is 0. The largest absolute Gasteiger partial charge is 0.444 e. The molecule has 0 unspecified atom stereocenters. The monoisotopic (exact) mass is 316 g/mol. The molecule has 23 heavy (non-hydrogen) atoms. The molecule has 4 nitrogen and oxygen atoms in total. The zero-order chi connectivity index (χ0) is 16.8. The first-order chi connectivity index (χ1) is 10.7. The highest BCUT2D eigenvalue weighted by molar-refractivity contribution is 5.69. The number of carbonyl (C=O) groups excluding carboxylic acids is 1. The van der Waals surface area contributed by atoms with E-state index < -0.39 is 11.4 Å². The Morgan fingerprint density at radius 1 is 1.39 bits per heavy atom. The fourth-order valence-corrected chi connectivity index (χ4v) is 3.57. The Labute approximate surface area is 136 Å². The van der Waals surface area contributed by atoms with Crippen molar-refractivity contribution in [1.29, 1.82) is 0 Å². The van der Waals surface area contributed by atoms with Gasteiger partial charge in [-0.2, -0.15) is 0 Å². The van der Waals surface area contributed by atoms with Crippen molar-refractivity contribution in [2.75, 3.05) is 13.1 Å². The lowest BCUT2D eigenvalue weighted by molar-refractivity contribution is -0.0786. The standard InChI is InChI=1S/C18H21FN2O2/c1-17(2,3)23-16(22)21-10-18(11-21)8-13(9-18)12-5-6-15(20-4)14(19)7-12/h5-7,13H,8-11H2,1-3H3. The van der Waals surface area contributed by atoms with E-state index in [0.29, 0.717) is 5.92 Å². The van der Waals surface area contributed by atoms with Crippen LogP contribution in [0.4, 0.5) is 14.9 Å². The highest BCUT2D eigenvalue weighted by Gasteiger charge is 2.54. The Kier molecular flexibility index (Phi) is 3.59. The fourth-order valence-electron chi connectivity index (χ4n) is 3.57. The molecule has 1 aliphatic carbocycles. The van der Waals surface area contributed by atoms with Crippen molar-refractivity contribution in [3.05, 3.63) is 41.0 Å². The van der Waals surface area contributed by atoms with E-state index in [2.05, 4.69) is 4.85 Å². The number of likely N-dealkylation sites (tertiary alicyclic amines) is 1. The van der Waals surface area contributed by atoms with Crippen molar-refractivity contribution < 1.29 is 13.9 Å². The van der Waals surface area contributed by atoms with E-state index in [-0.39, 0.29) is 17.2 Å². The molecule has 1 heterocycles. The van der Waals surface area contributed by atoms with Crippen LogP contribution in [0.5, 0.6) is 0 Å². The Hall–Kier alpha value is -2.09. The van der Waals surface area contributed by atoms with E-state index in [1.54, 1.807) is 11.0 Å². The van der Waals surface area contributed by atoms with Gasteiger partial charge in [0.2, 0.25) is 5.69 Å². The number of halogens is 1. The maximum absolute atomic E-state index is 13.7. The second-order valence-corrected chi connectivity index (χ2v) is 7.76. The smallest absolute Gasteiger partial charge is 0.410 e. The molecule has 2 fully saturated rings. The van der Waals surface area contributed by atoms with Crippen molar-refractivity contribution in [2.24, 2.45) is 5.41 Å². The molecule has 0 radical (unpaired) electrons. The first kappa shape index (κ1) is 15.8. The average Bonchev–Trinajstić information content (AvgIpc) is 2.33. The number of hydrogen-bond donors (Lipinski definition) is 0. The van der Waals surface area contributed by atoms with Crippen LogP contribution >= 0.6 is 0 Å². The van der Waals surface area contributed by atoms with Crippen molar-refractivity contribution in [1.82, 2.24) is 4.90 Å². The number of amides is 1. The highest BCUT2D eigenvalue weighted by atomic mass is 19.1. The number of benzene rings is 1. The van der Waals surface area contributed by atoms with Crippen molar-refractivity contribution in [3.8, 4) is 0 Å². The molecule has 1 aliphatic heterocycles. The third-order valence-corrected chi connectivity index (χ3v) is 4.63. The molecule has 3 rings (SSSR count). The molecule has 1 spiro atoms. The number of carbonyl (C=O) groups is 1. The van der Waals surface area contributed by atoms with Gasteiger partial charge < -0.3 is 9.64 Å². The van der Waals surface area contributed by atoms with Gasteiger partial charge in [-0.25, -0.2) is 14.0 Å². The van der Waals surface area contributed by atoms with Crippen molar-refractivity contribution in [3.63, 3.8) is 0 Å². The lowest BCUT2D eigenvalue weighted by atomic mass is 9.56. The van der Waals surface area contributed by atoms with E-state index >= 15 is 0 Å². The van der Waals surface area contributed by atoms with Crippen LogP contribution in [0.1, 0.15) is 45.1 Å². The molecular weight excluding hydrogens is 295 g/mol. The van der Waals surface area contributed by atoms with Crippen LogP contribution in [0.3, 0.4) is 0 Å². The van der Waals surface area contributed by atoms with Gasteiger partial charge in [0.25, 0.3) is 0 Å². The fraction of sp³-hybridized carbons (Fsp3) is 0.556. The van der Waals surface area contributed by atoms with Crippen molar-refractivity contribution >= 4 is 11.8 Å². The molecule has 0 bridgehead atoms. The van der Waals surface area contributed by atoms with Gasteiger partial charge in [-0.05, 0) is 51.2 Å². The van der Waals surface area contributed by atoms with Crippen LogP contribution in [0.15, 0.2) is 18.2 Å². The van der Waals surface area contributed by atoms with Crippen LogP contribution in [-0.2, 0) is 4.74 Å². The van der Waals surface area contributed by atoms with Crippen LogP contribution in [0.25, 0.3) is 4.85 Å². The van der Waals surface area contributed by atoms with Crippen molar-refractivity contribution in [2.45, 2.75) is 45.1 Å². The molecular formula is C18H21FN2O2. The molecule has 0 N–H and O–H groups in total. The minimum absolute atomic E-state index is 0.0718. The van der Waals surface area contributed by atoms with E-state index in [4.69, 9.17) is 11.3 Å². The normalized spacial score (nSPS) is 19.7. The second kappa shape index (κ2) is 5.23. The Morgan fingerprint density at radius 2 is 2.04 bits per heavy atom. The molecule has 0 aromatic heterocycles. The molecule has 5 heteroatoms. The molecule has 2 aliphatic rings. The van der Waals surface area contributed by atoms with E-state index in [1.807, 2.05) is 26.8 Å². The molecule has 1 amide bonds. The Bertz CT molecular complexity index is 673. The van der Waals surface area contributed by atoms with Crippen LogP contribution in [-0.4, -0.2) is 29.7 Å². The molecule has 1 saturated carbocycles. The zero-order valence-electron chi connectivity index (χ0n) is 13.7. The minimum Gasteiger partial charge on any atom is -0.444 e. The molecule has 0 atom stereocenters. The topological polar surface area (TPSA) is 33.9 Å². The predicted octanol–water partition coefficient (Wildman–Crippen LogP) is 4.49. The summed E-state index contributed by atoms with van der Waals surface area (Å²) in [5.74, 6) is -0.118. The molecule has 1 aromatic carbocycles. The van der Waals surface area contributed by atoms with Gasteiger partial charge in [0, 0.05) is 18.5 Å². The van der Waals surface area contributed by atoms with Gasteiger partial charge in [0.1, 0.15) is 11.4 Å². The number of hydrogen-bond acceptors (Lipinski definition) is 2. The summed E-state index contributed by atoms with van der Waals surface area (Å²) in [6.45, 7) is 13.9. The van der Waals surface area contributed by atoms with Crippen LogP contribution in [0.2, 0.25) is 0 Å². The maximum Gasteiger partial charge on any atom is 0.410 e. The second-order valence-electron chi connectivity index (χ2n) is 7.76. The Morgan fingerprint density at radius 3 is 2.57 bits per heavy atom. The lowest BCUT2D eigenvalue weighted by Gasteiger charge is -2.59. The number of rotatable bonds is 1. The lowest BCUT2D eigenvalue weighted by Crippen LogP contribution is -2.63. The first-order valence-corrected chi connectivity index (χ1v) is 7.86. The third kappa shape index (κ3) is 3.03. The van der Waals surface area contributed by atoms with Gasteiger partial charge >= 0.3 is 6.09 Å². The minimum atomic E-state index is -0.468. The van der Waals surface area contributed by atoms with E-state index in [0.717, 1.165) is 31.5 Å². The van der Waals surface area contributed by atoms with Gasteiger partial charge in [-0.3, -0.25) is 0 Å². The summed E-state index contributed by atoms with van der Waals surface area (Å²) < 4.78 is 19.1. The quantitative estimate of drug-likeness (QED) is 0.715. The van der Waals surface area contributed by atoms with Crippen LogP contribution < -0.4 is 0 Å². The Balaban J connectivity index is 1.54. The molecule has 1 aromatic rings. The van der Waals surface area contributed by atoms with Gasteiger partial charge in [0.15, 0.2) is 0 Å². The number of ether oxygens (including phenoxy) is 1. The molecule has 1 saturated heterocycles. The summed E-state index contributed by atoms with van der Waals surface area (Å²) in [7, 11) is 0. The average molecular weight is 316 g/mol. The van der Waals surface area contributed by atoms with E-state index in [1.165, 1.54) is 6.07 Å². The van der Waals surface area contributed by atoms with Gasteiger partial charge in [-0.15, -0.1) is 0 Å². The maximum atomic E-state index is 13.7. The summed E-state index contributed by atoms with van der Waals surface area (Å²) >= 11 is 0. The summed E-state index contributed by atoms with van der Waals surface area (Å²) in [4.78, 5) is 16.8. The first-order valence-electron chi connectivity index (χ1n) is 7.86. The van der Waals surface area contributed by atoms with E-state index in [9.17, 15) is 9.18 Å².